The van der Waals surface area contributed by atoms with Crippen molar-refractivity contribution in [1.82, 2.24) is 4.98 Å². The van der Waals surface area contributed by atoms with E-state index in [9.17, 15) is 22.4 Å². The van der Waals surface area contributed by atoms with Gasteiger partial charge < -0.3 is 10.2 Å². The molecular formula is C23H19F4N3OS. The Bertz CT molecular complexity index is 1150. The van der Waals surface area contributed by atoms with Gasteiger partial charge in [0.15, 0.2) is 5.13 Å². The SMILES string of the molecule is CC1=C(c2ccc(NC(=O)c3c(F)cccc3C(F)(F)F)cc2)CN(c2nccs2)CC1. The molecule has 0 atom stereocenters. The van der Waals surface area contributed by atoms with Crippen LogP contribution in [0.15, 0.2) is 59.6 Å². The lowest BCUT2D eigenvalue weighted by Gasteiger charge is -2.30. The molecule has 1 aliphatic rings. The standard InChI is InChI=1S/C23H19F4N3OS/c1-14-9-11-30(22-28-10-12-32-22)13-17(14)15-5-7-16(8-6-15)29-21(31)20-18(23(25,26)27)3-2-4-19(20)24/h2-8,10,12H,9,11,13H2,1H3,(H,29,31). The number of amides is 1. The monoisotopic (exact) mass is 461 g/mol. The fraction of sp³-hybridized carbons (Fsp3) is 0.217. The molecule has 1 aliphatic heterocycles. The number of carbonyl (C=O) groups is 1. The number of alkyl halides is 3. The number of nitrogens with zero attached hydrogens (tertiary/aromatic N) is 2. The summed E-state index contributed by atoms with van der Waals surface area (Å²) in [5.41, 5.74) is 1.28. The normalized spacial score (nSPS) is 14.6. The summed E-state index contributed by atoms with van der Waals surface area (Å²) in [6.07, 6.45) is -2.18. The lowest BCUT2D eigenvalue weighted by molar-refractivity contribution is -0.138. The van der Waals surface area contributed by atoms with Crippen molar-refractivity contribution in [3.8, 4) is 0 Å². The molecule has 0 spiro atoms. The van der Waals surface area contributed by atoms with E-state index in [0.717, 1.165) is 41.4 Å². The van der Waals surface area contributed by atoms with Gasteiger partial charge in [0.05, 0.1) is 11.1 Å². The first-order valence-corrected chi connectivity index (χ1v) is 10.7. The Hall–Kier alpha value is -3.20. The van der Waals surface area contributed by atoms with Crippen molar-refractivity contribution in [3.63, 3.8) is 0 Å². The van der Waals surface area contributed by atoms with E-state index in [1.165, 1.54) is 5.57 Å². The van der Waals surface area contributed by atoms with Gasteiger partial charge in [0.25, 0.3) is 5.91 Å². The largest absolute Gasteiger partial charge is 0.417 e. The number of benzene rings is 2. The molecule has 9 heteroatoms. The molecule has 2 heterocycles. The molecule has 4 nitrogen and oxygen atoms in total. The van der Waals surface area contributed by atoms with Gasteiger partial charge in [-0.2, -0.15) is 13.2 Å². The van der Waals surface area contributed by atoms with Crippen LogP contribution in [0.25, 0.3) is 5.57 Å². The number of aromatic nitrogens is 1. The fourth-order valence-electron chi connectivity index (χ4n) is 3.67. The zero-order chi connectivity index (χ0) is 22.9. The van der Waals surface area contributed by atoms with Gasteiger partial charge in [0, 0.05) is 30.4 Å². The molecule has 0 bridgehead atoms. The van der Waals surface area contributed by atoms with E-state index in [0.29, 0.717) is 12.6 Å². The number of halogens is 4. The second-order valence-corrected chi connectivity index (χ2v) is 8.31. The van der Waals surface area contributed by atoms with Crippen LogP contribution >= 0.6 is 11.3 Å². The van der Waals surface area contributed by atoms with Gasteiger partial charge in [-0.05, 0) is 48.7 Å². The Morgan fingerprint density at radius 3 is 2.56 bits per heavy atom. The molecule has 3 aromatic rings. The van der Waals surface area contributed by atoms with Crippen molar-refractivity contribution in [2.24, 2.45) is 0 Å². The van der Waals surface area contributed by atoms with Gasteiger partial charge in [0.1, 0.15) is 5.82 Å². The molecular weight excluding hydrogens is 442 g/mol. The van der Waals surface area contributed by atoms with Gasteiger partial charge in [-0.1, -0.05) is 23.8 Å². The highest BCUT2D eigenvalue weighted by atomic mass is 32.1. The van der Waals surface area contributed by atoms with Crippen LogP contribution < -0.4 is 10.2 Å². The molecule has 1 amide bonds. The van der Waals surface area contributed by atoms with Crippen molar-refractivity contribution in [3.05, 3.63) is 82.1 Å². The van der Waals surface area contributed by atoms with Crippen molar-refractivity contribution >= 4 is 33.6 Å². The van der Waals surface area contributed by atoms with E-state index in [1.54, 1.807) is 41.8 Å². The topological polar surface area (TPSA) is 45.2 Å². The van der Waals surface area contributed by atoms with E-state index in [4.69, 9.17) is 0 Å². The van der Waals surface area contributed by atoms with Crippen molar-refractivity contribution in [2.75, 3.05) is 23.3 Å². The van der Waals surface area contributed by atoms with Crippen LogP contribution in [0.1, 0.15) is 34.8 Å². The van der Waals surface area contributed by atoms with Gasteiger partial charge in [-0.15, -0.1) is 11.3 Å². The van der Waals surface area contributed by atoms with E-state index in [-0.39, 0.29) is 5.69 Å². The Morgan fingerprint density at radius 2 is 1.91 bits per heavy atom. The molecule has 166 valence electrons. The summed E-state index contributed by atoms with van der Waals surface area (Å²) in [6.45, 7) is 3.64. The summed E-state index contributed by atoms with van der Waals surface area (Å²) in [4.78, 5) is 19.0. The van der Waals surface area contributed by atoms with Crippen LogP contribution in [0.3, 0.4) is 0 Å². The quantitative estimate of drug-likeness (QED) is 0.468. The number of anilines is 2. The van der Waals surface area contributed by atoms with E-state index < -0.39 is 29.0 Å². The second kappa shape index (κ2) is 8.74. The van der Waals surface area contributed by atoms with Crippen LogP contribution in [-0.4, -0.2) is 24.0 Å². The van der Waals surface area contributed by atoms with E-state index >= 15 is 0 Å². The van der Waals surface area contributed by atoms with Crippen molar-refractivity contribution in [2.45, 2.75) is 19.5 Å². The van der Waals surface area contributed by atoms with Gasteiger partial charge in [-0.25, -0.2) is 9.37 Å². The zero-order valence-electron chi connectivity index (χ0n) is 17.0. The maximum absolute atomic E-state index is 14.1. The Morgan fingerprint density at radius 1 is 1.16 bits per heavy atom. The molecule has 1 aromatic heterocycles. The number of hydrogen-bond acceptors (Lipinski definition) is 4. The third-order valence-corrected chi connectivity index (χ3v) is 6.18. The first-order chi connectivity index (χ1) is 15.2. The summed E-state index contributed by atoms with van der Waals surface area (Å²) < 4.78 is 53.7. The van der Waals surface area contributed by atoms with Gasteiger partial charge in [-0.3, -0.25) is 4.79 Å². The summed E-state index contributed by atoms with van der Waals surface area (Å²) in [7, 11) is 0. The number of hydrogen-bond donors (Lipinski definition) is 1. The molecule has 0 aliphatic carbocycles. The van der Waals surface area contributed by atoms with Crippen molar-refractivity contribution < 1.29 is 22.4 Å². The van der Waals surface area contributed by atoms with Gasteiger partial charge in [0.2, 0.25) is 0 Å². The lowest BCUT2D eigenvalue weighted by atomic mass is 9.95. The highest BCUT2D eigenvalue weighted by molar-refractivity contribution is 7.13. The van der Waals surface area contributed by atoms with Crippen LogP contribution in [0.2, 0.25) is 0 Å². The highest BCUT2D eigenvalue weighted by Crippen LogP contribution is 2.34. The van der Waals surface area contributed by atoms with Gasteiger partial charge >= 0.3 is 6.18 Å². The van der Waals surface area contributed by atoms with Crippen LogP contribution in [0.4, 0.5) is 28.4 Å². The first-order valence-electron chi connectivity index (χ1n) is 9.84. The summed E-state index contributed by atoms with van der Waals surface area (Å²) in [6, 6.07) is 9.25. The molecule has 32 heavy (non-hydrogen) atoms. The molecule has 0 saturated heterocycles. The fourth-order valence-corrected chi connectivity index (χ4v) is 4.34. The number of nitrogens with one attached hydrogen (secondary N) is 1. The number of thiazole rings is 1. The van der Waals surface area contributed by atoms with Crippen LogP contribution in [0, 0.1) is 5.82 Å². The maximum atomic E-state index is 14.1. The van der Waals surface area contributed by atoms with Crippen LogP contribution in [0.5, 0.6) is 0 Å². The maximum Gasteiger partial charge on any atom is 0.417 e. The molecule has 0 saturated carbocycles. The van der Waals surface area contributed by atoms with Crippen LogP contribution in [-0.2, 0) is 6.18 Å². The predicted octanol–water partition coefficient (Wildman–Crippen LogP) is 6.24. The summed E-state index contributed by atoms with van der Waals surface area (Å²) in [5.74, 6) is -2.37. The lowest BCUT2D eigenvalue weighted by Crippen LogP contribution is -2.30. The highest BCUT2D eigenvalue weighted by Gasteiger charge is 2.36. The second-order valence-electron chi connectivity index (χ2n) is 7.44. The molecule has 0 fully saturated rings. The van der Waals surface area contributed by atoms with E-state index in [2.05, 4.69) is 22.1 Å². The molecule has 0 unspecified atom stereocenters. The Kier molecular flexibility index (Phi) is 6.01. The average molecular weight is 461 g/mol. The summed E-state index contributed by atoms with van der Waals surface area (Å²) >= 11 is 1.57. The Labute approximate surface area is 186 Å². The number of carbonyl (C=O) groups excluding carboxylic acids is 1. The first kappa shape index (κ1) is 22.0. The molecule has 4 rings (SSSR count). The third kappa shape index (κ3) is 4.52. The number of rotatable bonds is 4. The smallest absolute Gasteiger partial charge is 0.343 e. The molecule has 1 N–H and O–H groups in total. The average Bonchev–Trinajstić information content (AvgIpc) is 3.29. The summed E-state index contributed by atoms with van der Waals surface area (Å²) in [5, 5.41) is 5.25. The zero-order valence-corrected chi connectivity index (χ0v) is 17.9. The predicted molar refractivity (Wildman–Crippen MR) is 117 cm³/mol. The van der Waals surface area contributed by atoms with E-state index in [1.807, 2.05) is 5.38 Å². The third-order valence-electron chi connectivity index (χ3n) is 5.35. The molecule has 0 radical (unpaired) electrons. The Balaban J connectivity index is 1.53. The minimum absolute atomic E-state index is 0.279. The minimum Gasteiger partial charge on any atom is -0.343 e. The minimum atomic E-state index is -4.84. The molecule has 2 aromatic carbocycles. The van der Waals surface area contributed by atoms with Crippen molar-refractivity contribution in [1.29, 1.82) is 0 Å².